The third-order valence-corrected chi connectivity index (χ3v) is 3.78. The number of hydrogen-bond acceptors (Lipinski definition) is 4. The van der Waals surface area contributed by atoms with Gasteiger partial charge in [-0.3, -0.25) is 9.59 Å². The molecule has 0 radical (unpaired) electrons. The minimum absolute atomic E-state index is 0.0611. The minimum Gasteiger partial charge on any atom is -0.384 e. The van der Waals surface area contributed by atoms with Gasteiger partial charge in [-0.2, -0.15) is 0 Å². The fraction of sp³-hybridized carbons (Fsp3) is 0.467. The Balaban J connectivity index is 2.47. The van der Waals surface area contributed by atoms with Crippen molar-refractivity contribution in [3.05, 3.63) is 21.4 Å². The number of aliphatic hydroxyl groups excluding tert-OH is 1. The number of carbonyl (C=O) groups excluding carboxylic acids is 2. The molecule has 1 aromatic rings. The molecule has 0 spiro atoms. The van der Waals surface area contributed by atoms with Crippen LogP contribution in [0.15, 0.2) is 6.07 Å². The first kappa shape index (κ1) is 17.2. The molecular formula is C15H20N2O3S. The van der Waals surface area contributed by atoms with Crippen molar-refractivity contribution in [3.8, 4) is 11.8 Å². The van der Waals surface area contributed by atoms with Crippen LogP contribution in [-0.2, 0) is 4.79 Å². The van der Waals surface area contributed by atoms with E-state index in [2.05, 4.69) is 22.5 Å². The average molecular weight is 308 g/mol. The maximum atomic E-state index is 11.9. The maximum Gasteiger partial charge on any atom is 0.261 e. The van der Waals surface area contributed by atoms with Crippen LogP contribution in [0.4, 0.5) is 0 Å². The molecule has 21 heavy (non-hydrogen) atoms. The zero-order valence-electron chi connectivity index (χ0n) is 12.3. The number of amides is 2. The highest BCUT2D eigenvalue weighted by atomic mass is 32.1. The first-order valence-corrected chi connectivity index (χ1v) is 7.65. The van der Waals surface area contributed by atoms with Crippen LogP contribution in [-0.4, -0.2) is 36.6 Å². The summed E-state index contributed by atoms with van der Waals surface area (Å²) in [6, 6.07) is 1.76. The normalized spacial score (nSPS) is 9.67. The smallest absolute Gasteiger partial charge is 0.261 e. The van der Waals surface area contributed by atoms with Crippen molar-refractivity contribution >= 4 is 23.2 Å². The number of aliphatic hydroxyl groups is 1. The first-order valence-electron chi connectivity index (χ1n) is 6.83. The summed E-state index contributed by atoms with van der Waals surface area (Å²) < 4.78 is 0. The molecule has 0 aliphatic heterocycles. The molecular weight excluding hydrogens is 288 g/mol. The summed E-state index contributed by atoms with van der Waals surface area (Å²) in [5, 5.41) is 14.1. The van der Waals surface area contributed by atoms with Gasteiger partial charge in [-0.25, -0.2) is 0 Å². The van der Waals surface area contributed by atoms with Crippen molar-refractivity contribution in [1.82, 2.24) is 10.6 Å². The zero-order chi connectivity index (χ0) is 15.7. The van der Waals surface area contributed by atoms with Gasteiger partial charge in [-0.15, -0.1) is 11.3 Å². The molecule has 1 aromatic heterocycles. The Hall–Kier alpha value is -1.84. The molecule has 0 bridgehead atoms. The van der Waals surface area contributed by atoms with E-state index in [1.165, 1.54) is 11.3 Å². The van der Waals surface area contributed by atoms with Crippen molar-refractivity contribution in [3.63, 3.8) is 0 Å². The van der Waals surface area contributed by atoms with Gasteiger partial charge in [0.25, 0.3) is 5.91 Å². The van der Waals surface area contributed by atoms with E-state index < -0.39 is 0 Å². The van der Waals surface area contributed by atoms with E-state index in [4.69, 9.17) is 5.11 Å². The molecule has 1 heterocycles. The standard InChI is InChI=1S/C15H20N2O3S/c1-3-7-16-14(19)6-8-17-15(20)13-10-11(2)12(21-13)5-4-9-18/h10,18H,3,6-9H2,1-2H3,(H,16,19)(H,17,20). The van der Waals surface area contributed by atoms with Gasteiger partial charge in [0, 0.05) is 19.5 Å². The lowest BCUT2D eigenvalue weighted by atomic mass is 10.2. The van der Waals surface area contributed by atoms with Gasteiger partial charge in [0.15, 0.2) is 0 Å². The van der Waals surface area contributed by atoms with Crippen LogP contribution in [0.3, 0.4) is 0 Å². The molecule has 2 amide bonds. The largest absolute Gasteiger partial charge is 0.384 e. The van der Waals surface area contributed by atoms with E-state index in [0.29, 0.717) is 18.0 Å². The molecule has 0 unspecified atom stereocenters. The molecule has 0 aliphatic carbocycles. The lowest BCUT2D eigenvalue weighted by Crippen LogP contribution is -2.30. The van der Waals surface area contributed by atoms with Crippen molar-refractivity contribution in [2.45, 2.75) is 26.7 Å². The topological polar surface area (TPSA) is 78.4 Å². The van der Waals surface area contributed by atoms with Crippen LogP contribution >= 0.6 is 11.3 Å². The summed E-state index contributed by atoms with van der Waals surface area (Å²) in [7, 11) is 0. The molecule has 0 fully saturated rings. The molecule has 0 saturated carbocycles. The third kappa shape index (κ3) is 5.98. The van der Waals surface area contributed by atoms with E-state index in [-0.39, 0.29) is 24.8 Å². The van der Waals surface area contributed by atoms with E-state index in [9.17, 15) is 9.59 Å². The summed E-state index contributed by atoms with van der Waals surface area (Å²) in [5.41, 5.74) is 0.909. The molecule has 5 nitrogen and oxygen atoms in total. The summed E-state index contributed by atoms with van der Waals surface area (Å²) >= 11 is 1.28. The predicted molar refractivity (Wildman–Crippen MR) is 83.3 cm³/mol. The van der Waals surface area contributed by atoms with Gasteiger partial charge in [-0.05, 0) is 25.0 Å². The van der Waals surface area contributed by atoms with Crippen molar-refractivity contribution < 1.29 is 14.7 Å². The van der Waals surface area contributed by atoms with E-state index >= 15 is 0 Å². The number of hydrogen-bond donors (Lipinski definition) is 3. The van der Waals surface area contributed by atoms with E-state index in [1.807, 2.05) is 13.8 Å². The molecule has 3 N–H and O–H groups in total. The number of thiophene rings is 1. The van der Waals surface area contributed by atoms with Crippen LogP contribution in [0.5, 0.6) is 0 Å². The molecule has 114 valence electrons. The lowest BCUT2D eigenvalue weighted by Gasteiger charge is -2.04. The summed E-state index contributed by atoms with van der Waals surface area (Å²) in [6.07, 6.45) is 1.16. The maximum absolute atomic E-state index is 11.9. The number of nitrogens with one attached hydrogen (secondary N) is 2. The van der Waals surface area contributed by atoms with Crippen LogP contribution in [0, 0.1) is 18.8 Å². The van der Waals surface area contributed by atoms with Gasteiger partial charge in [0.2, 0.25) is 5.91 Å². The highest BCUT2D eigenvalue weighted by Gasteiger charge is 2.11. The highest BCUT2D eigenvalue weighted by Crippen LogP contribution is 2.20. The van der Waals surface area contributed by atoms with Gasteiger partial charge in [0.05, 0.1) is 9.75 Å². The monoisotopic (exact) mass is 308 g/mol. The Morgan fingerprint density at radius 3 is 2.76 bits per heavy atom. The van der Waals surface area contributed by atoms with Gasteiger partial charge in [-0.1, -0.05) is 18.8 Å². The quantitative estimate of drug-likeness (QED) is 0.687. The van der Waals surface area contributed by atoms with E-state index in [1.54, 1.807) is 6.07 Å². The lowest BCUT2D eigenvalue weighted by molar-refractivity contribution is -0.120. The molecule has 0 saturated heterocycles. The molecule has 0 aliphatic rings. The van der Waals surface area contributed by atoms with Crippen LogP contribution in [0.25, 0.3) is 0 Å². The molecule has 0 atom stereocenters. The Bertz CT molecular complexity index is 555. The van der Waals surface area contributed by atoms with Gasteiger partial charge < -0.3 is 15.7 Å². The summed E-state index contributed by atoms with van der Waals surface area (Å²) in [6.45, 7) is 4.61. The second-order valence-electron chi connectivity index (χ2n) is 4.44. The fourth-order valence-electron chi connectivity index (χ4n) is 1.57. The van der Waals surface area contributed by atoms with Crippen molar-refractivity contribution in [2.24, 2.45) is 0 Å². The highest BCUT2D eigenvalue weighted by molar-refractivity contribution is 7.14. The van der Waals surface area contributed by atoms with Crippen LogP contribution in [0.2, 0.25) is 0 Å². The van der Waals surface area contributed by atoms with Crippen LogP contribution < -0.4 is 10.6 Å². The Labute approximate surface area is 128 Å². The fourth-order valence-corrected chi connectivity index (χ4v) is 2.53. The van der Waals surface area contributed by atoms with Crippen molar-refractivity contribution in [2.75, 3.05) is 19.7 Å². The van der Waals surface area contributed by atoms with Gasteiger partial charge in [0.1, 0.15) is 6.61 Å². The van der Waals surface area contributed by atoms with Gasteiger partial charge >= 0.3 is 0 Å². The second-order valence-corrected chi connectivity index (χ2v) is 5.49. The van der Waals surface area contributed by atoms with Crippen molar-refractivity contribution in [1.29, 1.82) is 0 Å². The second kappa shape index (κ2) is 9.16. The molecule has 1 rings (SSSR count). The summed E-state index contributed by atoms with van der Waals surface area (Å²) in [4.78, 5) is 24.7. The predicted octanol–water partition coefficient (Wildman–Crippen LogP) is 1.05. The average Bonchev–Trinajstić information content (AvgIpc) is 2.84. The SMILES string of the molecule is CCCNC(=O)CCNC(=O)c1cc(C)c(C#CCO)s1. The van der Waals surface area contributed by atoms with E-state index in [0.717, 1.165) is 16.9 Å². The third-order valence-electron chi connectivity index (χ3n) is 2.63. The molecule has 6 heteroatoms. The Morgan fingerprint density at radius 1 is 1.33 bits per heavy atom. The summed E-state index contributed by atoms with van der Waals surface area (Å²) in [5.74, 6) is 5.11. The number of carbonyl (C=O) groups is 2. The zero-order valence-corrected chi connectivity index (χ0v) is 13.1. The minimum atomic E-state index is -0.205. The van der Waals surface area contributed by atoms with Crippen LogP contribution in [0.1, 0.15) is 39.9 Å². The Morgan fingerprint density at radius 2 is 2.10 bits per heavy atom. The number of aryl methyl sites for hydroxylation is 1. The number of rotatable bonds is 6. The first-order chi connectivity index (χ1) is 10.1. The molecule has 0 aromatic carbocycles. The Kier molecular flexibility index (Phi) is 7.51.